The van der Waals surface area contributed by atoms with Crippen LogP contribution in [0.2, 0.25) is 0 Å². The van der Waals surface area contributed by atoms with Gasteiger partial charge >= 0.3 is 0 Å². The molecule has 1 fully saturated rings. The number of hydrogen-bond acceptors (Lipinski definition) is 4. The van der Waals surface area contributed by atoms with Crippen molar-refractivity contribution in [3.63, 3.8) is 0 Å². The Hall–Kier alpha value is -1.39. The SMILES string of the molecule is COc1ccc(C)cc1CC(=O)C1(OC)CCOCC1. The van der Waals surface area contributed by atoms with E-state index in [1.54, 1.807) is 14.2 Å². The van der Waals surface area contributed by atoms with Crippen LogP contribution in [0.1, 0.15) is 24.0 Å². The van der Waals surface area contributed by atoms with Crippen LogP contribution in [0.5, 0.6) is 5.75 Å². The molecule has 1 aliphatic heterocycles. The van der Waals surface area contributed by atoms with E-state index in [9.17, 15) is 4.79 Å². The second kappa shape index (κ2) is 6.37. The molecular weight excluding hydrogens is 256 g/mol. The van der Waals surface area contributed by atoms with Crippen LogP contribution in [0, 0.1) is 6.92 Å². The molecule has 2 rings (SSSR count). The summed E-state index contributed by atoms with van der Waals surface area (Å²) in [5.74, 6) is 0.856. The van der Waals surface area contributed by atoms with Gasteiger partial charge in [0.15, 0.2) is 5.78 Å². The molecule has 1 aliphatic rings. The standard InChI is InChI=1S/C16H22O4/c1-12-4-5-14(18-2)13(10-12)11-15(17)16(19-3)6-8-20-9-7-16/h4-5,10H,6-9,11H2,1-3H3. The molecule has 20 heavy (non-hydrogen) atoms. The van der Waals surface area contributed by atoms with Gasteiger partial charge in [-0.2, -0.15) is 0 Å². The van der Waals surface area contributed by atoms with Crippen molar-refractivity contribution in [2.45, 2.75) is 31.8 Å². The van der Waals surface area contributed by atoms with Crippen molar-refractivity contribution in [3.8, 4) is 5.75 Å². The molecule has 0 N–H and O–H groups in total. The zero-order chi connectivity index (χ0) is 14.6. The van der Waals surface area contributed by atoms with E-state index in [0.717, 1.165) is 16.9 Å². The van der Waals surface area contributed by atoms with E-state index >= 15 is 0 Å². The number of aryl methyl sites for hydroxylation is 1. The Balaban J connectivity index is 2.20. The third-order valence-corrected chi connectivity index (χ3v) is 3.99. The van der Waals surface area contributed by atoms with Crippen LogP contribution >= 0.6 is 0 Å². The van der Waals surface area contributed by atoms with Gasteiger partial charge in [0.25, 0.3) is 0 Å². The Morgan fingerprint density at radius 2 is 2.00 bits per heavy atom. The lowest BCUT2D eigenvalue weighted by Gasteiger charge is -2.34. The quantitative estimate of drug-likeness (QED) is 0.829. The number of Topliss-reactive ketones (excluding diaryl/α,β-unsaturated/α-hetero) is 1. The molecule has 0 amide bonds. The molecule has 0 unspecified atom stereocenters. The molecule has 1 heterocycles. The van der Waals surface area contributed by atoms with Gasteiger partial charge in [-0.3, -0.25) is 4.79 Å². The molecule has 110 valence electrons. The number of rotatable bonds is 5. The Bertz CT molecular complexity index is 475. The summed E-state index contributed by atoms with van der Waals surface area (Å²) in [6, 6.07) is 5.88. The summed E-state index contributed by atoms with van der Waals surface area (Å²) >= 11 is 0. The van der Waals surface area contributed by atoms with Crippen LogP contribution in [-0.2, 0) is 20.7 Å². The summed E-state index contributed by atoms with van der Waals surface area (Å²) in [7, 11) is 3.23. The Labute approximate surface area is 120 Å². The second-order valence-electron chi connectivity index (χ2n) is 5.23. The van der Waals surface area contributed by atoms with E-state index < -0.39 is 5.60 Å². The van der Waals surface area contributed by atoms with Crippen LogP contribution in [0.15, 0.2) is 18.2 Å². The van der Waals surface area contributed by atoms with E-state index in [4.69, 9.17) is 14.2 Å². The van der Waals surface area contributed by atoms with Gasteiger partial charge in [0, 0.05) is 45.1 Å². The third kappa shape index (κ3) is 3.02. The van der Waals surface area contributed by atoms with E-state index in [1.807, 2.05) is 25.1 Å². The summed E-state index contributed by atoms with van der Waals surface area (Å²) in [5.41, 5.74) is 1.33. The molecule has 1 aromatic rings. The minimum atomic E-state index is -0.701. The molecule has 4 heteroatoms. The van der Waals surface area contributed by atoms with Crippen molar-refractivity contribution >= 4 is 5.78 Å². The van der Waals surface area contributed by atoms with Gasteiger partial charge in [0.1, 0.15) is 11.4 Å². The molecule has 0 saturated carbocycles. The summed E-state index contributed by atoms with van der Waals surface area (Å²) < 4.78 is 16.2. The van der Waals surface area contributed by atoms with Gasteiger partial charge in [-0.1, -0.05) is 17.7 Å². The summed E-state index contributed by atoms with van der Waals surface area (Å²) in [6.45, 7) is 3.16. The Morgan fingerprint density at radius 3 is 2.60 bits per heavy atom. The van der Waals surface area contributed by atoms with Gasteiger partial charge in [-0.15, -0.1) is 0 Å². The molecule has 4 nitrogen and oxygen atoms in total. The monoisotopic (exact) mass is 278 g/mol. The first-order chi connectivity index (χ1) is 9.61. The maximum atomic E-state index is 12.7. The van der Waals surface area contributed by atoms with Crippen LogP contribution < -0.4 is 4.74 Å². The van der Waals surface area contributed by atoms with Gasteiger partial charge < -0.3 is 14.2 Å². The summed E-state index contributed by atoms with van der Waals surface area (Å²) in [4.78, 5) is 12.7. The highest BCUT2D eigenvalue weighted by atomic mass is 16.5. The van der Waals surface area contributed by atoms with Crippen molar-refractivity contribution in [1.29, 1.82) is 0 Å². The summed E-state index contributed by atoms with van der Waals surface area (Å²) in [6.07, 6.45) is 1.58. The molecular formula is C16H22O4. The van der Waals surface area contributed by atoms with E-state index in [1.165, 1.54) is 0 Å². The first-order valence-electron chi connectivity index (χ1n) is 6.91. The zero-order valence-electron chi connectivity index (χ0n) is 12.4. The maximum absolute atomic E-state index is 12.7. The lowest BCUT2D eigenvalue weighted by atomic mass is 9.86. The molecule has 0 radical (unpaired) electrons. The Morgan fingerprint density at radius 1 is 1.30 bits per heavy atom. The molecule has 0 spiro atoms. The van der Waals surface area contributed by atoms with Crippen LogP contribution in [0.4, 0.5) is 0 Å². The molecule has 0 aliphatic carbocycles. The zero-order valence-corrected chi connectivity index (χ0v) is 12.4. The van der Waals surface area contributed by atoms with Crippen LogP contribution in [0.3, 0.4) is 0 Å². The van der Waals surface area contributed by atoms with Crippen molar-refractivity contribution in [1.82, 2.24) is 0 Å². The van der Waals surface area contributed by atoms with Gasteiger partial charge in [-0.25, -0.2) is 0 Å². The number of ketones is 1. The molecule has 0 atom stereocenters. The lowest BCUT2D eigenvalue weighted by Crippen LogP contribution is -2.46. The highest BCUT2D eigenvalue weighted by Crippen LogP contribution is 2.29. The largest absolute Gasteiger partial charge is 0.496 e. The van der Waals surface area contributed by atoms with Gasteiger partial charge in [-0.05, 0) is 13.0 Å². The highest BCUT2D eigenvalue weighted by molar-refractivity contribution is 5.89. The maximum Gasteiger partial charge on any atom is 0.169 e. The first-order valence-corrected chi connectivity index (χ1v) is 6.91. The van der Waals surface area contributed by atoms with Crippen molar-refractivity contribution in [2.24, 2.45) is 0 Å². The highest BCUT2D eigenvalue weighted by Gasteiger charge is 2.39. The number of ether oxygens (including phenoxy) is 3. The predicted octanol–water partition coefficient (Wildman–Crippen LogP) is 2.31. The smallest absolute Gasteiger partial charge is 0.169 e. The molecule has 1 aromatic carbocycles. The fraction of sp³-hybridized carbons (Fsp3) is 0.562. The van der Waals surface area contributed by atoms with Crippen LogP contribution in [0.25, 0.3) is 0 Å². The number of benzene rings is 1. The number of hydrogen-bond donors (Lipinski definition) is 0. The Kier molecular flexibility index (Phi) is 4.78. The van der Waals surface area contributed by atoms with Gasteiger partial charge in [0.05, 0.1) is 7.11 Å². The minimum Gasteiger partial charge on any atom is -0.496 e. The predicted molar refractivity (Wildman–Crippen MR) is 76.2 cm³/mol. The fourth-order valence-corrected chi connectivity index (χ4v) is 2.68. The van der Waals surface area contributed by atoms with E-state index in [-0.39, 0.29) is 5.78 Å². The van der Waals surface area contributed by atoms with E-state index in [0.29, 0.717) is 32.5 Å². The fourth-order valence-electron chi connectivity index (χ4n) is 2.68. The average Bonchev–Trinajstić information content (AvgIpc) is 2.48. The third-order valence-electron chi connectivity index (χ3n) is 3.99. The first kappa shape index (κ1) is 15.0. The van der Waals surface area contributed by atoms with Crippen molar-refractivity contribution in [2.75, 3.05) is 27.4 Å². The number of methoxy groups -OCH3 is 2. The summed E-state index contributed by atoms with van der Waals surface area (Å²) in [5, 5.41) is 0. The van der Waals surface area contributed by atoms with Crippen molar-refractivity contribution in [3.05, 3.63) is 29.3 Å². The second-order valence-corrected chi connectivity index (χ2v) is 5.23. The van der Waals surface area contributed by atoms with Crippen LogP contribution in [-0.4, -0.2) is 38.8 Å². The molecule has 1 saturated heterocycles. The van der Waals surface area contributed by atoms with Crippen molar-refractivity contribution < 1.29 is 19.0 Å². The average molecular weight is 278 g/mol. The number of carbonyl (C=O) groups excluding carboxylic acids is 1. The van der Waals surface area contributed by atoms with Gasteiger partial charge in [0.2, 0.25) is 0 Å². The normalized spacial score (nSPS) is 17.8. The molecule has 0 aromatic heterocycles. The topological polar surface area (TPSA) is 44.8 Å². The van der Waals surface area contributed by atoms with E-state index in [2.05, 4.69) is 0 Å². The minimum absolute atomic E-state index is 0.104. The lowest BCUT2D eigenvalue weighted by molar-refractivity contribution is -0.152. The number of carbonyl (C=O) groups is 1. The molecule has 0 bridgehead atoms.